The Hall–Kier alpha value is -2.29. The summed E-state index contributed by atoms with van der Waals surface area (Å²) in [6, 6.07) is 10.6. The lowest BCUT2D eigenvalue weighted by Crippen LogP contribution is -2.07. The minimum Gasteiger partial charge on any atom is -0.508 e. The average molecular weight is 213 g/mol. The number of amides is 1. The second kappa shape index (κ2) is 4.06. The minimum absolute atomic E-state index is 0.174. The third-order valence-corrected chi connectivity index (χ3v) is 2.31. The van der Waals surface area contributed by atoms with Crippen molar-refractivity contribution in [3.8, 4) is 5.75 Å². The molecule has 0 spiro atoms. The molecule has 3 heteroatoms. The summed E-state index contributed by atoms with van der Waals surface area (Å²) in [6.45, 7) is 3.39. The van der Waals surface area contributed by atoms with Crippen LogP contribution in [0.4, 0.5) is 5.69 Å². The number of benzene rings is 2. The molecule has 80 valence electrons. The maximum absolute atomic E-state index is 11.2. The molecular formula is C13H11NO2. The Morgan fingerprint density at radius 3 is 2.88 bits per heavy atom. The van der Waals surface area contributed by atoms with Crippen LogP contribution < -0.4 is 5.32 Å². The van der Waals surface area contributed by atoms with E-state index in [0.717, 1.165) is 10.8 Å². The van der Waals surface area contributed by atoms with Gasteiger partial charge < -0.3 is 10.4 Å². The van der Waals surface area contributed by atoms with E-state index >= 15 is 0 Å². The van der Waals surface area contributed by atoms with Gasteiger partial charge in [0.1, 0.15) is 5.75 Å². The molecule has 0 atom stereocenters. The molecule has 0 radical (unpaired) electrons. The van der Waals surface area contributed by atoms with Crippen molar-refractivity contribution in [3.63, 3.8) is 0 Å². The molecule has 0 saturated carbocycles. The number of phenolic OH excluding ortho intramolecular Hbond substituents is 1. The zero-order valence-corrected chi connectivity index (χ0v) is 8.60. The van der Waals surface area contributed by atoms with E-state index in [1.807, 2.05) is 12.1 Å². The number of fused-ring (bicyclic) bond motifs is 1. The topological polar surface area (TPSA) is 49.3 Å². The third-order valence-electron chi connectivity index (χ3n) is 2.31. The average Bonchev–Trinajstić information content (AvgIpc) is 2.29. The zero-order chi connectivity index (χ0) is 11.5. The molecule has 0 saturated heterocycles. The number of rotatable bonds is 2. The van der Waals surface area contributed by atoms with Crippen molar-refractivity contribution in [1.82, 2.24) is 0 Å². The number of nitrogens with one attached hydrogen (secondary N) is 1. The molecule has 2 aromatic carbocycles. The molecule has 0 bridgehead atoms. The van der Waals surface area contributed by atoms with Gasteiger partial charge in [-0.25, -0.2) is 0 Å². The van der Waals surface area contributed by atoms with Crippen LogP contribution in [-0.2, 0) is 4.79 Å². The van der Waals surface area contributed by atoms with Crippen LogP contribution in [0.15, 0.2) is 49.1 Å². The summed E-state index contributed by atoms with van der Waals surface area (Å²) in [5, 5.41) is 13.9. The normalized spacial score (nSPS) is 10.0. The van der Waals surface area contributed by atoms with E-state index in [9.17, 15) is 9.90 Å². The largest absolute Gasteiger partial charge is 0.508 e. The van der Waals surface area contributed by atoms with Crippen LogP contribution in [0.3, 0.4) is 0 Å². The van der Waals surface area contributed by atoms with E-state index in [1.165, 1.54) is 6.08 Å². The molecule has 2 N–H and O–H groups in total. The SMILES string of the molecule is C=CC(=O)Nc1cccc2ccc(O)cc12. The Bertz CT molecular complexity index is 561. The van der Waals surface area contributed by atoms with E-state index in [2.05, 4.69) is 11.9 Å². The van der Waals surface area contributed by atoms with E-state index in [-0.39, 0.29) is 11.7 Å². The number of phenols is 1. The fraction of sp³-hybridized carbons (Fsp3) is 0. The van der Waals surface area contributed by atoms with Crippen LogP contribution in [0.1, 0.15) is 0 Å². The van der Waals surface area contributed by atoms with Gasteiger partial charge in [-0.3, -0.25) is 4.79 Å². The van der Waals surface area contributed by atoms with Crippen molar-refractivity contribution in [2.75, 3.05) is 5.32 Å². The maximum atomic E-state index is 11.2. The first kappa shape index (κ1) is 10.2. The summed E-state index contributed by atoms with van der Waals surface area (Å²) < 4.78 is 0. The monoisotopic (exact) mass is 213 g/mol. The Kier molecular flexibility index (Phi) is 2.60. The molecule has 0 aliphatic heterocycles. The van der Waals surface area contributed by atoms with Gasteiger partial charge in [0.15, 0.2) is 0 Å². The molecule has 2 aromatic rings. The summed E-state index contributed by atoms with van der Waals surface area (Å²) in [6.07, 6.45) is 1.21. The fourth-order valence-corrected chi connectivity index (χ4v) is 1.55. The van der Waals surface area contributed by atoms with Gasteiger partial charge in [0.2, 0.25) is 5.91 Å². The molecule has 3 nitrogen and oxygen atoms in total. The van der Waals surface area contributed by atoms with E-state index in [0.29, 0.717) is 5.69 Å². The molecule has 0 aromatic heterocycles. The van der Waals surface area contributed by atoms with Crippen molar-refractivity contribution in [1.29, 1.82) is 0 Å². The molecule has 0 unspecified atom stereocenters. The number of hydrogen-bond donors (Lipinski definition) is 2. The Balaban J connectivity index is 2.55. The van der Waals surface area contributed by atoms with Gasteiger partial charge in [-0.1, -0.05) is 24.8 Å². The van der Waals surface area contributed by atoms with E-state index < -0.39 is 0 Å². The lowest BCUT2D eigenvalue weighted by molar-refractivity contribution is -0.111. The van der Waals surface area contributed by atoms with E-state index in [4.69, 9.17) is 0 Å². The summed E-state index contributed by atoms with van der Waals surface area (Å²) in [7, 11) is 0. The highest BCUT2D eigenvalue weighted by molar-refractivity contribution is 6.06. The van der Waals surface area contributed by atoms with Gasteiger partial charge in [0, 0.05) is 11.1 Å². The Labute approximate surface area is 93.0 Å². The van der Waals surface area contributed by atoms with Crippen LogP contribution in [0, 0.1) is 0 Å². The maximum Gasteiger partial charge on any atom is 0.247 e. The highest BCUT2D eigenvalue weighted by Crippen LogP contribution is 2.26. The first-order valence-corrected chi connectivity index (χ1v) is 4.86. The number of hydrogen-bond acceptors (Lipinski definition) is 2. The van der Waals surface area contributed by atoms with Crippen molar-refractivity contribution >= 4 is 22.4 Å². The fourth-order valence-electron chi connectivity index (χ4n) is 1.55. The lowest BCUT2D eigenvalue weighted by atomic mass is 10.1. The predicted octanol–water partition coefficient (Wildman–Crippen LogP) is 2.67. The first-order valence-electron chi connectivity index (χ1n) is 4.86. The van der Waals surface area contributed by atoms with Crippen molar-refractivity contribution in [2.45, 2.75) is 0 Å². The molecule has 16 heavy (non-hydrogen) atoms. The number of anilines is 1. The van der Waals surface area contributed by atoms with Gasteiger partial charge in [0.05, 0.1) is 0 Å². The minimum atomic E-state index is -0.268. The quantitative estimate of drug-likeness (QED) is 0.753. The number of carbonyl (C=O) groups excluding carboxylic acids is 1. The van der Waals surface area contributed by atoms with Gasteiger partial charge in [-0.2, -0.15) is 0 Å². The summed E-state index contributed by atoms with van der Waals surface area (Å²) in [5.41, 5.74) is 0.665. The molecule has 0 fully saturated rings. The summed E-state index contributed by atoms with van der Waals surface area (Å²) >= 11 is 0. The van der Waals surface area contributed by atoms with Crippen LogP contribution in [0.25, 0.3) is 10.8 Å². The van der Waals surface area contributed by atoms with Crippen LogP contribution in [-0.4, -0.2) is 11.0 Å². The Morgan fingerprint density at radius 2 is 2.12 bits per heavy atom. The predicted molar refractivity (Wildman–Crippen MR) is 64.4 cm³/mol. The van der Waals surface area contributed by atoms with Gasteiger partial charge in [-0.05, 0) is 29.7 Å². The van der Waals surface area contributed by atoms with Crippen molar-refractivity contribution < 1.29 is 9.90 Å². The Morgan fingerprint density at radius 1 is 1.31 bits per heavy atom. The number of aromatic hydroxyl groups is 1. The van der Waals surface area contributed by atoms with Crippen molar-refractivity contribution in [2.24, 2.45) is 0 Å². The van der Waals surface area contributed by atoms with Crippen molar-refractivity contribution in [3.05, 3.63) is 49.1 Å². The van der Waals surface area contributed by atoms with Crippen LogP contribution >= 0.6 is 0 Å². The highest BCUT2D eigenvalue weighted by Gasteiger charge is 2.03. The third kappa shape index (κ3) is 1.88. The zero-order valence-electron chi connectivity index (χ0n) is 8.60. The first-order chi connectivity index (χ1) is 7.70. The number of carbonyl (C=O) groups is 1. The second-order valence-electron chi connectivity index (χ2n) is 3.40. The van der Waals surface area contributed by atoms with Gasteiger partial charge in [0.25, 0.3) is 0 Å². The van der Waals surface area contributed by atoms with E-state index in [1.54, 1.807) is 24.3 Å². The smallest absolute Gasteiger partial charge is 0.247 e. The molecule has 2 rings (SSSR count). The molecule has 0 aliphatic carbocycles. The molecule has 1 amide bonds. The molecule has 0 heterocycles. The highest BCUT2D eigenvalue weighted by atomic mass is 16.3. The second-order valence-corrected chi connectivity index (χ2v) is 3.40. The van der Waals surface area contributed by atoms with Gasteiger partial charge in [-0.15, -0.1) is 0 Å². The van der Waals surface area contributed by atoms with Gasteiger partial charge >= 0.3 is 0 Å². The summed E-state index contributed by atoms with van der Waals surface area (Å²) in [4.78, 5) is 11.2. The van der Waals surface area contributed by atoms with Crippen LogP contribution in [0.2, 0.25) is 0 Å². The standard InChI is InChI=1S/C13H11NO2/c1-2-13(16)14-12-5-3-4-9-6-7-10(15)8-11(9)12/h2-8,15H,1H2,(H,14,16). The molecular weight excluding hydrogens is 202 g/mol. The van der Waals surface area contributed by atoms with Crippen LogP contribution in [0.5, 0.6) is 5.75 Å². The molecule has 0 aliphatic rings. The lowest BCUT2D eigenvalue weighted by Gasteiger charge is -2.07. The summed E-state index contributed by atoms with van der Waals surface area (Å²) in [5.74, 6) is -0.0938.